The van der Waals surface area contributed by atoms with E-state index in [0.29, 0.717) is 15.1 Å². The zero-order chi connectivity index (χ0) is 20.7. The highest BCUT2D eigenvalue weighted by molar-refractivity contribution is 7.15. The number of methoxy groups -OCH3 is 2. The first-order valence-corrected chi connectivity index (χ1v) is 9.65. The summed E-state index contributed by atoms with van der Waals surface area (Å²) in [5, 5.41) is 10.1. The van der Waals surface area contributed by atoms with Gasteiger partial charge in [0.2, 0.25) is 5.75 Å². The smallest absolute Gasteiger partial charge is 0.274 e. The average molecular weight is 409 g/mol. The number of ether oxygens (including phenoxy) is 2. The van der Waals surface area contributed by atoms with Crippen LogP contribution in [0, 0.1) is 13.8 Å². The molecule has 148 valence electrons. The van der Waals surface area contributed by atoms with Gasteiger partial charge in [-0.25, -0.2) is 4.98 Å². The van der Waals surface area contributed by atoms with Crippen molar-refractivity contribution in [2.75, 3.05) is 14.2 Å². The number of imidazole rings is 1. The third-order valence-electron chi connectivity index (χ3n) is 4.48. The Balaban J connectivity index is 1.82. The van der Waals surface area contributed by atoms with E-state index in [1.807, 2.05) is 26.0 Å². The molecule has 4 aromatic rings. The third kappa shape index (κ3) is 3.42. The van der Waals surface area contributed by atoms with Crippen LogP contribution in [0.3, 0.4) is 0 Å². The molecule has 0 unspecified atom stereocenters. The van der Waals surface area contributed by atoms with Crippen molar-refractivity contribution < 1.29 is 14.6 Å². The van der Waals surface area contributed by atoms with Crippen molar-refractivity contribution in [3.05, 3.63) is 62.3 Å². The molecule has 0 saturated carbocycles. The summed E-state index contributed by atoms with van der Waals surface area (Å²) in [6.07, 6.45) is 3.48. The van der Waals surface area contributed by atoms with Crippen molar-refractivity contribution in [2.45, 2.75) is 13.8 Å². The fourth-order valence-corrected chi connectivity index (χ4v) is 4.16. The molecule has 4 rings (SSSR count). The lowest BCUT2D eigenvalue weighted by Gasteiger charge is -2.09. The summed E-state index contributed by atoms with van der Waals surface area (Å²) in [7, 11) is 2.92. The Labute approximate surface area is 170 Å². The van der Waals surface area contributed by atoms with Crippen molar-refractivity contribution in [1.82, 2.24) is 14.4 Å². The summed E-state index contributed by atoms with van der Waals surface area (Å²) in [5.41, 5.74) is 4.01. The molecule has 0 spiro atoms. The molecule has 0 amide bonds. The molecule has 0 aliphatic heterocycles. The minimum Gasteiger partial charge on any atom is -0.502 e. The largest absolute Gasteiger partial charge is 0.502 e. The van der Waals surface area contributed by atoms with Crippen LogP contribution >= 0.6 is 11.3 Å². The number of thiazole rings is 1. The second-order valence-corrected chi connectivity index (χ2v) is 7.62. The lowest BCUT2D eigenvalue weighted by Crippen LogP contribution is -2.22. The number of aromatic hydroxyl groups is 1. The monoisotopic (exact) mass is 409 g/mol. The molecule has 0 bridgehead atoms. The number of rotatable bonds is 4. The van der Waals surface area contributed by atoms with Gasteiger partial charge in [0, 0.05) is 23.1 Å². The van der Waals surface area contributed by atoms with Crippen LogP contribution in [-0.4, -0.2) is 33.7 Å². The summed E-state index contributed by atoms with van der Waals surface area (Å²) >= 11 is 1.30. The maximum Gasteiger partial charge on any atom is 0.274 e. The standard InChI is InChI=1S/C21H19N3O4S/c1-11-5-14(6-12(2)22-11)15-10-24-20(26)18(29-21(24)23-15)9-13-7-16(27-3)19(25)17(8-13)28-4/h5-10,25H,1-4H3. The lowest BCUT2D eigenvalue weighted by molar-refractivity contribution is 0.340. The molecule has 8 heteroatoms. The zero-order valence-corrected chi connectivity index (χ0v) is 17.2. The second-order valence-electron chi connectivity index (χ2n) is 6.61. The number of aromatic nitrogens is 3. The van der Waals surface area contributed by atoms with E-state index < -0.39 is 0 Å². The second kappa shape index (κ2) is 7.21. The first kappa shape index (κ1) is 18.9. The zero-order valence-electron chi connectivity index (χ0n) is 16.4. The number of phenols is 1. The minimum atomic E-state index is -0.155. The first-order valence-electron chi connectivity index (χ1n) is 8.84. The van der Waals surface area contributed by atoms with Gasteiger partial charge < -0.3 is 14.6 Å². The van der Waals surface area contributed by atoms with Gasteiger partial charge in [-0.05, 0) is 49.8 Å². The van der Waals surface area contributed by atoms with Crippen molar-refractivity contribution in [1.29, 1.82) is 0 Å². The fraction of sp³-hybridized carbons (Fsp3) is 0.190. The quantitative estimate of drug-likeness (QED) is 0.558. The molecule has 29 heavy (non-hydrogen) atoms. The summed E-state index contributed by atoms with van der Waals surface area (Å²) in [4.78, 5) is 22.5. The van der Waals surface area contributed by atoms with Gasteiger partial charge in [-0.1, -0.05) is 11.3 Å². The topological polar surface area (TPSA) is 86.0 Å². The minimum absolute atomic E-state index is 0.0805. The van der Waals surface area contributed by atoms with E-state index in [-0.39, 0.29) is 22.8 Å². The third-order valence-corrected chi connectivity index (χ3v) is 5.46. The summed E-state index contributed by atoms with van der Waals surface area (Å²) in [6, 6.07) is 7.19. The Morgan fingerprint density at radius 2 is 1.66 bits per heavy atom. The number of aryl methyl sites for hydroxylation is 2. The highest BCUT2D eigenvalue weighted by Gasteiger charge is 2.13. The molecule has 0 radical (unpaired) electrons. The summed E-state index contributed by atoms with van der Waals surface area (Å²) in [5.74, 6) is 0.466. The van der Waals surface area contributed by atoms with Gasteiger partial charge in [-0.15, -0.1) is 0 Å². The Kier molecular flexibility index (Phi) is 4.71. The van der Waals surface area contributed by atoms with Crippen LogP contribution < -0.4 is 19.6 Å². The van der Waals surface area contributed by atoms with E-state index in [2.05, 4.69) is 9.97 Å². The van der Waals surface area contributed by atoms with Crippen LogP contribution in [0.25, 0.3) is 22.3 Å². The van der Waals surface area contributed by atoms with Gasteiger partial charge >= 0.3 is 0 Å². The Morgan fingerprint density at radius 3 is 2.21 bits per heavy atom. The molecule has 0 saturated heterocycles. The molecule has 1 N–H and O–H groups in total. The van der Waals surface area contributed by atoms with Crippen molar-refractivity contribution in [3.63, 3.8) is 0 Å². The molecule has 0 atom stereocenters. The normalized spacial score (nSPS) is 11.9. The number of hydrogen-bond donors (Lipinski definition) is 1. The Hall–Kier alpha value is -3.39. The van der Waals surface area contributed by atoms with E-state index in [1.54, 1.807) is 28.8 Å². The van der Waals surface area contributed by atoms with Crippen molar-refractivity contribution >= 4 is 22.4 Å². The lowest BCUT2D eigenvalue weighted by atomic mass is 10.1. The van der Waals surface area contributed by atoms with Gasteiger partial charge in [0.05, 0.1) is 24.4 Å². The van der Waals surface area contributed by atoms with E-state index >= 15 is 0 Å². The SMILES string of the molecule is COc1cc(C=c2sc3nc(-c4cc(C)nc(C)c4)cn3c2=O)cc(OC)c1O. The maximum absolute atomic E-state index is 12.9. The number of pyridine rings is 1. The van der Waals surface area contributed by atoms with Crippen LogP contribution in [0.15, 0.2) is 35.3 Å². The molecule has 0 aliphatic carbocycles. The molecule has 1 aromatic carbocycles. The maximum atomic E-state index is 12.9. The molecule has 3 heterocycles. The van der Waals surface area contributed by atoms with Gasteiger partial charge in [0.25, 0.3) is 5.56 Å². The fourth-order valence-electron chi connectivity index (χ4n) is 3.20. The summed E-state index contributed by atoms with van der Waals surface area (Å²) < 4.78 is 12.4. The molecule has 3 aromatic heterocycles. The first-order chi connectivity index (χ1) is 13.9. The molecular formula is C21H19N3O4S. The van der Waals surface area contributed by atoms with E-state index in [9.17, 15) is 9.90 Å². The molecule has 0 fully saturated rings. The number of phenolic OH excluding ortho intramolecular Hbond substituents is 1. The highest BCUT2D eigenvalue weighted by atomic mass is 32.1. The van der Waals surface area contributed by atoms with Crippen molar-refractivity contribution in [3.8, 4) is 28.5 Å². The van der Waals surface area contributed by atoms with Crippen molar-refractivity contribution in [2.24, 2.45) is 0 Å². The number of hydrogen-bond acceptors (Lipinski definition) is 7. The number of benzene rings is 1. The summed E-state index contributed by atoms with van der Waals surface area (Å²) in [6.45, 7) is 3.86. The predicted molar refractivity (Wildman–Crippen MR) is 112 cm³/mol. The highest BCUT2D eigenvalue weighted by Crippen LogP contribution is 2.37. The van der Waals surface area contributed by atoms with E-state index in [0.717, 1.165) is 22.6 Å². The molecule has 0 aliphatic rings. The van der Waals surface area contributed by atoms with Gasteiger partial charge in [0.15, 0.2) is 16.5 Å². The average Bonchev–Trinajstić information content (AvgIpc) is 3.22. The Morgan fingerprint density at radius 1 is 1.03 bits per heavy atom. The van der Waals surface area contributed by atoms with Crippen LogP contribution in [0.4, 0.5) is 0 Å². The van der Waals surface area contributed by atoms with E-state index in [1.165, 1.54) is 25.6 Å². The van der Waals surface area contributed by atoms with Crippen LogP contribution in [0.5, 0.6) is 17.2 Å². The Bertz CT molecular complexity index is 1290. The predicted octanol–water partition coefficient (Wildman–Crippen LogP) is 2.71. The molecule has 7 nitrogen and oxygen atoms in total. The number of fused-ring (bicyclic) bond motifs is 1. The van der Waals surface area contributed by atoms with E-state index in [4.69, 9.17) is 9.47 Å². The van der Waals surface area contributed by atoms with Crippen LogP contribution in [0.1, 0.15) is 17.0 Å². The van der Waals surface area contributed by atoms with Crippen LogP contribution in [0.2, 0.25) is 0 Å². The van der Waals surface area contributed by atoms with Gasteiger partial charge in [0.1, 0.15) is 0 Å². The molecular weight excluding hydrogens is 390 g/mol. The van der Waals surface area contributed by atoms with Crippen LogP contribution in [-0.2, 0) is 0 Å². The van der Waals surface area contributed by atoms with Gasteiger partial charge in [-0.2, -0.15) is 0 Å². The van der Waals surface area contributed by atoms with Gasteiger partial charge in [-0.3, -0.25) is 14.2 Å². The number of nitrogens with zero attached hydrogens (tertiary/aromatic N) is 3.